The molecular formula is C14H16BrN3S. The van der Waals surface area contributed by atoms with E-state index in [1.165, 1.54) is 28.4 Å². The highest BCUT2D eigenvalue weighted by molar-refractivity contribution is 9.10. The van der Waals surface area contributed by atoms with E-state index in [2.05, 4.69) is 48.9 Å². The zero-order valence-corrected chi connectivity index (χ0v) is 13.5. The monoisotopic (exact) mass is 337 g/mol. The van der Waals surface area contributed by atoms with Crippen LogP contribution in [-0.2, 0) is 19.2 Å². The summed E-state index contributed by atoms with van der Waals surface area (Å²) >= 11 is 5.62. The van der Waals surface area contributed by atoms with Gasteiger partial charge in [0.05, 0.1) is 5.75 Å². The number of aromatic nitrogens is 3. The molecule has 0 radical (unpaired) electrons. The van der Waals surface area contributed by atoms with E-state index in [1.54, 1.807) is 0 Å². The van der Waals surface area contributed by atoms with Crippen LogP contribution in [0.4, 0.5) is 0 Å². The number of rotatable bonds is 3. The van der Waals surface area contributed by atoms with Gasteiger partial charge in [0.25, 0.3) is 0 Å². The Balaban J connectivity index is 1.74. The van der Waals surface area contributed by atoms with E-state index in [1.807, 2.05) is 25.7 Å². The number of fused-ring (bicyclic) bond motifs is 1. The average Bonchev–Trinajstić information content (AvgIpc) is 2.95. The van der Waals surface area contributed by atoms with Crippen LogP contribution in [0.3, 0.4) is 0 Å². The van der Waals surface area contributed by atoms with Crippen LogP contribution >= 0.6 is 27.7 Å². The van der Waals surface area contributed by atoms with Gasteiger partial charge in [-0.2, -0.15) is 0 Å². The molecule has 3 nitrogen and oxygen atoms in total. The Hall–Kier alpha value is -0.810. The normalized spacial score (nSPS) is 17.7. The fourth-order valence-electron chi connectivity index (χ4n) is 2.50. The minimum atomic E-state index is 0.588. The van der Waals surface area contributed by atoms with Crippen molar-refractivity contribution in [3.63, 3.8) is 0 Å². The summed E-state index contributed by atoms with van der Waals surface area (Å²) in [6.07, 6.45) is 2.39. The van der Waals surface area contributed by atoms with Crippen LogP contribution in [0.2, 0.25) is 0 Å². The third-order valence-electron chi connectivity index (χ3n) is 3.75. The van der Waals surface area contributed by atoms with E-state index in [4.69, 9.17) is 0 Å². The van der Waals surface area contributed by atoms with Crippen molar-refractivity contribution in [3.8, 4) is 0 Å². The smallest absolute Gasteiger partial charge is 0.142 e. The second-order valence-electron chi connectivity index (χ2n) is 4.87. The maximum absolute atomic E-state index is 4.23. The molecule has 0 bridgehead atoms. The molecule has 3 rings (SSSR count). The van der Waals surface area contributed by atoms with Crippen LogP contribution in [0, 0.1) is 6.92 Å². The third kappa shape index (κ3) is 2.46. The molecule has 1 aliphatic rings. The molecule has 1 atom stereocenters. The molecule has 1 unspecified atom stereocenters. The van der Waals surface area contributed by atoms with Gasteiger partial charge in [-0.25, -0.2) is 0 Å². The van der Waals surface area contributed by atoms with Crippen molar-refractivity contribution < 1.29 is 0 Å². The highest BCUT2D eigenvalue weighted by Gasteiger charge is 2.24. The van der Waals surface area contributed by atoms with E-state index in [0.29, 0.717) is 5.25 Å². The molecule has 0 amide bonds. The number of nitrogens with zero attached hydrogens (tertiary/aromatic N) is 3. The quantitative estimate of drug-likeness (QED) is 0.853. The van der Waals surface area contributed by atoms with Crippen molar-refractivity contribution in [1.82, 2.24) is 14.8 Å². The third-order valence-corrected chi connectivity index (χ3v) is 5.81. The lowest BCUT2D eigenvalue weighted by molar-refractivity contribution is 0.813. The molecule has 2 aromatic rings. The first-order chi connectivity index (χ1) is 9.16. The zero-order valence-electron chi connectivity index (χ0n) is 11.1. The molecule has 1 aromatic carbocycles. The van der Waals surface area contributed by atoms with Crippen LogP contribution in [0.15, 0.2) is 22.7 Å². The van der Waals surface area contributed by atoms with Gasteiger partial charge in [-0.15, -0.1) is 22.0 Å². The van der Waals surface area contributed by atoms with Gasteiger partial charge in [-0.1, -0.05) is 28.1 Å². The molecule has 5 heteroatoms. The number of benzene rings is 1. The molecule has 1 aromatic heterocycles. The number of aryl methyl sites for hydroxylation is 1. The second-order valence-corrected chi connectivity index (χ2v) is 6.91. The maximum atomic E-state index is 4.23. The second kappa shape index (κ2) is 5.29. The first-order valence-corrected chi connectivity index (χ1v) is 8.24. The van der Waals surface area contributed by atoms with Crippen LogP contribution in [-0.4, -0.2) is 14.8 Å². The Morgan fingerprint density at radius 3 is 3.00 bits per heavy atom. The highest BCUT2D eigenvalue weighted by atomic mass is 79.9. The standard InChI is InChI=1S/C14H16BrN3S/c1-9-16-17-14(18(9)2)8-19-13-7-6-10-11(13)4-3-5-12(10)15/h3-5,13H,6-8H2,1-2H3. The predicted octanol–water partition coefficient (Wildman–Crippen LogP) is 3.81. The lowest BCUT2D eigenvalue weighted by Crippen LogP contribution is -1.99. The summed E-state index contributed by atoms with van der Waals surface area (Å²) in [6, 6.07) is 6.53. The molecule has 0 aliphatic heterocycles. The Morgan fingerprint density at radius 2 is 2.26 bits per heavy atom. The molecule has 0 N–H and O–H groups in total. The van der Waals surface area contributed by atoms with Gasteiger partial charge < -0.3 is 4.57 Å². The van der Waals surface area contributed by atoms with Gasteiger partial charge in [0.1, 0.15) is 11.6 Å². The molecule has 1 aliphatic carbocycles. The minimum Gasteiger partial charge on any atom is -0.318 e. The Labute approximate surface area is 125 Å². The first-order valence-electron chi connectivity index (χ1n) is 6.40. The Bertz CT molecular complexity index is 609. The summed E-state index contributed by atoms with van der Waals surface area (Å²) in [4.78, 5) is 0. The maximum Gasteiger partial charge on any atom is 0.142 e. The number of hydrogen-bond donors (Lipinski definition) is 0. The molecule has 100 valence electrons. The van der Waals surface area contributed by atoms with Gasteiger partial charge >= 0.3 is 0 Å². The van der Waals surface area contributed by atoms with Gasteiger partial charge in [0.2, 0.25) is 0 Å². The van der Waals surface area contributed by atoms with Gasteiger partial charge in [-0.05, 0) is 37.0 Å². The molecular weight excluding hydrogens is 322 g/mol. The molecule has 0 saturated heterocycles. The van der Waals surface area contributed by atoms with E-state index in [-0.39, 0.29) is 0 Å². The summed E-state index contributed by atoms with van der Waals surface area (Å²) < 4.78 is 3.33. The summed E-state index contributed by atoms with van der Waals surface area (Å²) in [6.45, 7) is 1.99. The van der Waals surface area contributed by atoms with E-state index in [9.17, 15) is 0 Å². The lowest BCUT2D eigenvalue weighted by atomic mass is 10.1. The SMILES string of the molecule is Cc1nnc(CSC2CCc3c(Br)cccc32)n1C. The molecule has 0 fully saturated rings. The summed E-state index contributed by atoms with van der Waals surface area (Å²) in [5, 5.41) is 8.93. The lowest BCUT2D eigenvalue weighted by Gasteiger charge is -2.11. The summed E-state index contributed by atoms with van der Waals surface area (Å²) in [5.41, 5.74) is 2.97. The van der Waals surface area contributed by atoms with E-state index < -0.39 is 0 Å². The van der Waals surface area contributed by atoms with Crippen LogP contribution in [0.25, 0.3) is 0 Å². The van der Waals surface area contributed by atoms with Gasteiger partial charge in [0.15, 0.2) is 0 Å². The highest BCUT2D eigenvalue weighted by Crippen LogP contribution is 2.44. The first kappa shape index (κ1) is 13.2. The van der Waals surface area contributed by atoms with Crippen LogP contribution in [0.1, 0.15) is 34.4 Å². The number of halogens is 1. The fourth-order valence-corrected chi connectivity index (χ4v) is 4.36. The van der Waals surface area contributed by atoms with Crippen molar-refractivity contribution in [3.05, 3.63) is 45.4 Å². The van der Waals surface area contributed by atoms with Crippen molar-refractivity contribution in [2.75, 3.05) is 0 Å². The molecule has 0 saturated carbocycles. The average molecular weight is 338 g/mol. The van der Waals surface area contributed by atoms with Gasteiger partial charge in [-0.3, -0.25) is 0 Å². The fraction of sp³-hybridized carbons (Fsp3) is 0.429. The molecule has 1 heterocycles. The van der Waals surface area contributed by atoms with E-state index in [0.717, 1.165) is 17.4 Å². The van der Waals surface area contributed by atoms with Crippen molar-refractivity contribution in [1.29, 1.82) is 0 Å². The summed E-state index contributed by atoms with van der Waals surface area (Å²) in [7, 11) is 2.03. The molecule has 19 heavy (non-hydrogen) atoms. The topological polar surface area (TPSA) is 30.7 Å². The van der Waals surface area contributed by atoms with E-state index >= 15 is 0 Å². The predicted molar refractivity (Wildman–Crippen MR) is 82.2 cm³/mol. The van der Waals surface area contributed by atoms with Crippen LogP contribution in [0.5, 0.6) is 0 Å². The number of thioether (sulfide) groups is 1. The van der Waals surface area contributed by atoms with Gasteiger partial charge in [0, 0.05) is 16.8 Å². The van der Waals surface area contributed by atoms with Crippen LogP contribution < -0.4 is 0 Å². The summed E-state index contributed by atoms with van der Waals surface area (Å²) in [5.74, 6) is 2.96. The largest absolute Gasteiger partial charge is 0.318 e. The Kier molecular flexibility index (Phi) is 3.67. The zero-order chi connectivity index (χ0) is 13.4. The molecule has 0 spiro atoms. The van der Waals surface area contributed by atoms with Crippen molar-refractivity contribution in [2.24, 2.45) is 7.05 Å². The van der Waals surface area contributed by atoms with Crippen molar-refractivity contribution in [2.45, 2.75) is 30.8 Å². The minimum absolute atomic E-state index is 0.588. The number of hydrogen-bond acceptors (Lipinski definition) is 3. The Morgan fingerprint density at radius 1 is 1.42 bits per heavy atom. The van der Waals surface area contributed by atoms with Crippen molar-refractivity contribution >= 4 is 27.7 Å².